The molecule has 0 bridgehead atoms. The van der Waals surface area contributed by atoms with Crippen molar-refractivity contribution in [2.75, 3.05) is 0 Å². The molecule has 0 aromatic heterocycles. The van der Waals surface area contributed by atoms with E-state index in [1.54, 1.807) is 0 Å². The normalized spacial score (nSPS) is 16.6. The molecule has 2 N–H and O–H groups in total. The van der Waals surface area contributed by atoms with Crippen LogP contribution in [-0.4, -0.2) is 18.6 Å². The van der Waals surface area contributed by atoms with Crippen LogP contribution in [0, 0.1) is 23.3 Å². The second-order valence-electron chi connectivity index (χ2n) is 6.29. The highest BCUT2D eigenvalue weighted by molar-refractivity contribution is 7.87. The molecule has 3 aromatic carbocycles. The topological polar surface area (TPSA) is 83.8 Å². The zero-order chi connectivity index (χ0) is 21.1. The van der Waals surface area contributed by atoms with Gasteiger partial charge in [-0.05, 0) is 30.3 Å². The van der Waals surface area contributed by atoms with Crippen LogP contribution in [0.5, 0.6) is 11.5 Å². The van der Waals surface area contributed by atoms with E-state index in [-0.39, 0.29) is 10.5 Å². The van der Waals surface area contributed by atoms with E-state index in [0.29, 0.717) is 24.3 Å². The highest BCUT2D eigenvalue weighted by atomic mass is 32.2. The molecule has 150 valence electrons. The Morgan fingerprint density at radius 3 is 1.62 bits per heavy atom. The van der Waals surface area contributed by atoms with E-state index in [9.17, 15) is 36.2 Å². The number of benzene rings is 3. The van der Waals surface area contributed by atoms with Gasteiger partial charge in [0.05, 0.1) is 0 Å². The molecule has 0 fully saturated rings. The van der Waals surface area contributed by atoms with Gasteiger partial charge in [0, 0.05) is 16.7 Å². The molecular formula is C19H10F4O5S. The van der Waals surface area contributed by atoms with Crippen molar-refractivity contribution in [1.82, 2.24) is 0 Å². The van der Waals surface area contributed by atoms with Crippen molar-refractivity contribution >= 4 is 10.1 Å². The molecule has 1 heterocycles. The smallest absolute Gasteiger partial charge is 0.298 e. The van der Waals surface area contributed by atoms with Gasteiger partial charge >= 0.3 is 0 Å². The number of fused-ring (bicyclic) bond motifs is 1. The van der Waals surface area contributed by atoms with Crippen molar-refractivity contribution in [2.45, 2.75) is 10.5 Å². The Hall–Kier alpha value is -3.11. The molecular weight excluding hydrogens is 416 g/mol. The Kier molecular flexibility index (Phi) is 4.10. The molecule has 10 heteroatoms. The minimum absolute atomic E-state index is 0.158. The molecule has 0 amide bonds. The van der Waals surface area contributed by atoms with Crippen LogP contribution in [0.1, 0.15) is 16.7 Å². The summed E-state index contributed by atoms with van der Waals surface area (Å²) in [7, 11) is -4.50. The fourth-order valence-corrected chi connectivity index (χ4v) is 4.77. The van der Waals surface area contributed by atoms with Crippen molar-refractivity contribution in [2.24, 2.45) is 0 Å². The van der Waals surface area contributed by atoms with Crippen molar-refractivity contribution < 1.29 is 40.4 Å². The Morgan fingerprint density at radius 1 is 0.759 bits per heavy atom. The van der Waals surface area contributed by atoms with E-state index in [1.165, 1.54) is 18.2 Å². The predicted molar refractivity (Wildman–Crippen MR) is 90.6 cm³/mol. The lowest BCUT2D eigenvalue weighted by Gasteiger charge is -2.29. The van der Waals surface area contributed by atoms with Gasteiger partial charge in [0.2, 0.25) is 0 Å². The molecule has 29 heavy (non-hydrogen) atoms. The van der Waals surface area contributed by atoms with E-state index in [0.717, 1.165) is 6.07 Å². The number of aromatic hydroxyl groups is 2. The van der Waals surface area contributed by atoms with Crippen LogP contribution < -0.4 is 0 Å². The zero-order valence-electron chi connectivity index (χ0n) is 14.2. The van der Waals surface area contributed by atoms with Gasteiger partial charge in [-0.25, -0.2) is 21.7 Å². The summed E-state index contributed by atoms with van der Waals surface area (Å²) in [6.07, 6.45) is 0. The van der Waals surface area contributed by atoms with Crippen molar-refractivity contribution in [1.29, 1.82) is 0 Å². The lowest BCUT2D eigenvalue weighted by Crippen LogP contribution is -2.30. The van der Waals surface area contributed by atoms with E-state index in [2.05, 4.69) is 0 Å². The van der Waals surface area contributed by atoms with E-state index in [4.69, 9.17) is 4.18 Å². The number of phenolic OH excluding ortho intramolecular Hbond substituents is 2. The van der Waals surface area contributed by atoms with Crippen LogP contribution in [0.2, 0.25) is 0 Å². The summed E-state index contributed by atoms with van der Waals surface area (Å²) in [5, 5.41) is 18.8. The van der Waals surface area contributed by atoms with Crippen LogP contribution in [0.3, 0.4) is 0 Å². The highest BCUT2D eigenvalue weighted by Gasteiger charge is 2.52. The fraction of sp³-hybridized carbons (Fsp3) is 0.0526. The molecule has 3 aromatic rings. The van der Waals surface area contributed by atoms with Crippen LogP contribution >= 0.6 is 0 Å². The lowest BCUT2D eigenvalue weighted by molar-refractivity contribution is 0.177. The summed E-state index contributed by atoms with van der Waals surface area (Å²) in [4.78, 5) is -0.372. The van der Waals surface area contributed by atoms with Crippen LogP contribution in [-0.2, 0) is 19.9 Å². The van der Waals surface area contributed by atoms with Crippen LogP contribution in [0.25, 0.3) is 0 Å². The van der Waals surface area contributed by atoms with Gasteiger partial charge in [0.1, 0.15) is 4.90 Å². The first-order chi connectivity index (χ1) is 13.6. The van der Waals surface area contributed by atoms with Crippen molar-refractivity contribution in [3.8, 4) is 11.5 Å². The van der Waals surface area contributed by atoms with Gasteiger partial charge in [-0.15, -0.1) is 0 Å². The third kappa shape index (κ3) is 2.67. The summed E-state index contributed by atoms with van der Waals surface area (Å²) in [6, 6.07) is 7.57. The number of hydrogen-bond donors (Lipinski definition) is 2. The van der Waals surface area contributed by atoms with Gasteiger partial charge in [0.15, 0.2) is 40.4 Å². The Morgan fingerprint density at radius 2 is 1.17 bits per heavy atom. The Labute approximate surface area is 161 Å². The molecule has 1 aliphatic rings. The minimum atomic E-state index is -4.50. The van der Waals surface area contributed by atoms with E-state index >= 15 is 0 Å². The number of phenols is 2. The lowest BCUT2D eigenvalue weighted by atomic mass is 9.80. The number of hydrogen-bond acceptors (Lipinski definition) is 5. The molecule has 0 aliphatic carbocycles. The van der Waals surface area contributed by atoms with Gasteiger partial charge < -0.3 is 10.2 Å². The average Bonchev–Trinajstić information content (AvgIpc) is 2.92. The summed E-state index contributed by atoms with van der Waals surface area (Å²) < 4.78 is 86.8. The van der Waals surface area contributed by atoms with Crippen molar-refractivity contribution in [3.63, 3.8) is 0 Å². The third-order valence-corrected chi connectivity index (χ3v) is 5.98. The Balaban J connectivity index is 2.16. The second-order valence-corrected chi connectivity index (χ2v) is 7.81. The molecule has 0 unspecified atom stereocenters. The number of rotatable bonds is 2. The first-order valence-corrected chi connectivity index (χ1v) is 9.41. The first-order valence-electron chi connectivity index (χ1n) is 8.00. The summed E-state index contributed by atoms with van der Waals surface area (Å²) in [5.41, 5.74) is -3.50. The Bertz CT molecular complexity index is 1170. The maximum atomic E-state index is 14.1. The van der Waals surface area contributed by atoms with Gasteiger partial charge in [-0.3, -0.25) is 0 Å². The largest absolute Gasteiger partial charge is 0.503 e. The molecule has 0 radical (unpaired) electrons. The van der Waals surface area contributed by atoms with Crippen LogP contribution in [0.4, 0.5) is 17.6 Å². The zero-order valence-corrected chi connectivity index (χ0v) is 15.0. The number of halogens is 4. The van der Waals surface area contributed by atoms with E-state index < -0.39 is 61.6 Å². The summed E-state index contributed by atoms with van der Waals surface area (Å²) in [5.74, 6) is -8.40. The SMILES string of the molecule is O=S1(=O)OC(c2cc(F)c(O)c(F)c2)(c2cc(F)c(O)c(F)c2)c2ccccc21. The average molecular weight is 426 g/mol. The summed E-state index contributed by atoms with van der Waals surface area (Å²) >= 11 is 0. The molecule has 0 saturated carbocycles. The third-order valence-electron chi connectivity index (χ3n) is 4.62. The molecule has 4 rings (SSSR count). The van der Waals surface area contributed by atoms with Gasteiger partial charge in [0.25, 0.3) is 10.1 Å². The maximum absolute atomic E-state index is 14.1. The standard InChI is InChI=1S/C19H10F4O5S/c20-12-5-9(6-13(21)17(12)24)19(10-7-14(22)18(25)15(23)8-10)11-3-1-2-4-16(11)29(26,27)28-19/h1-8,24-25H. The summed E-state index contributed by atoms with van der Waals surface area (Å²) in [6.45, 7) is 0. The molecule has 1 aliphatic heterocycles. The fourth-order valence-electron chi connectivity index (χ4n) is 3.34. The monoisotopic (exact) mass is 426 g/mol. The van der Waals surface area contributed by atoms with Gasteiger partial charge in [-0.2, -0.15) is 8.42 Å². The molecule has 0 atom stereocenters. The van der Waals surface area contributed by atoms with Gasteiger partial charge in [-0.1, -0.05) is 18.2 Å². The molecule has 5 nitrogen and oxygen atoms in total. The second kappa shape index (κ2) is 6.19. The van der Waals surface area contributed by atoms with Crippen LogP contribution in [0.15, 0.2) is 53.4 Å². The maximum Gasteiger partial charge on any atom is 0.298 e. The minimum Gasteiger partial charge on any atom is -0.503 e. The predicted octanol–water partition coefficient (Wildman–Crippen LogP) is 3.67. The highest BCUT2D eigenvalue weighted by Crippen LogP contribution is 2.51. The quantitative estimate of drug-likeness (QED) is 0.483. The van der Waals surface area contributed by atoms with E-state index in [1.807, 2.05) is 0 Å². The van der Waals surface area contributed by atoms with Crippen molar-refractivity contribution in [3.05, 3.63) is 88.5 Å². The molecule has 0 saturated heterocycles. The first kappa shape index (κ1) is 19.2. The molecule has 0 spiro atoms.